The smallest absolute Gasteiger partial charge is 0.270 e. The summed E-state index contributed by atoms with van der Waals surface area (Å²) in [6, 6.07) is 19.7. The van der Waals surface area contributed by atoms with Gasteiger partial charge in [-0.05, 0) is 43.0 Å². The van der Waals surface area contributed by atoms with Crippen molar-refractivity contribution in [2.45, 2.75) is 19.8 Å². The van der Waals surface area contributed by atoms with Crippen molar-refractivity contribution in [2.24, 2.45) is 0 Å². The molecule has 0 aliphatic rings. The molecule has 3 rings (SSSR count). The maximum Gasteiger partial charge on any atom is 0.270 e. The normalized spacial score (nSPS) is 10.4. The number of carbonyl (C=O) groups excluding carboxylic acids is 1. The molecule has 2 aromatic carbocycles. The van der Waals surface area contributed by atoms with Crippen molar-refractivity contribution in [3.63, 3.8) is 0 Å². The number of nitrogens with one attached hydrogen (secondary N) is 2. The molecule has 0 aliphatic carbocycles. The van der Waals surface area contributed by atoms with Gasteiger partial charge in [0.15, 0.2) is 0 Å². The molecule has 2 N–H and O–H groups in total. The summed E-state index contributed by atoms with van der Waals surface area (Å²) in [4.78, 5) is 21.2. The first-order chi connectivity index (χ1) is 14.2. The van der Waals surface area contributed by atoms with E-state index in [-0.39, 0.29) is 5.91 Å². The van der Waals surface area contributed by atoms with E-state index in [1.165, 1.54) is 5.56 Å². The lowest BCUT2D eigenvalue weighted by Crippen LogP contribution is -2.27. The summed E-state index contributed by atoms with van der Waals surface area (Å²) in [5.41, 5.74) is 3.40. The zero-order valence-corrected chi connectivity index (χ0v) is 16.8. The Bertz CT molecular complexity index is 945. The van der Waals surface area contributed by atoms with Gasteiger partial charge in [-0.3, -0.25) is 4.79 Å². The highest BCUT2D eigenvalue weighted by Gasteiger charge is 2.10. The Hall–Kier alpha value is -3.41. The highest BCUT2D eigenvalue weighted by molar-refractivity contribution is 5.92. The maximum atomic E-state index is 12.5. The van der Waals surface area contributed by atoms with Crippen LogP contribution in [0.25, 0.3) is 0 Å². The number of para-hydroxylation sites is 1. The van der Waals surface area contributed by atoms with Crippen LogP contribution in [-0.4, -0.2) is 36.1 Å². The molecule has 6 heteroatoms. The van der Waals surface area contributed by atoms with Crippen LogP contribution in [0.3, 0.4) is 0 Å². The van der Waals surface area contributed by atoms with Crippen LogP contribution in [0.2, 0.25) is 0 Å². The summed E-state index contributed by atoms with van der Waals surface area (Å²) in [6.07, 6.45) is 1.54. The molecule has 0 bridgehead atoms. The van der Waals surface area contributed by atoms with Crippen molar-refractivity contribution in [2.75, 3.05) is 25.5 Å². The Morgan fingerprint density at radius 3 is 2.52 bits per heavy atom. The maximum absolute atomic E-state index is 12.5. The predicted octanol–water partition coefficient (Wildman–Crippen LogP) is 3.42. The molecule has 29 heavy (non-hydrogen) atoms. The molecule has 150 valence electrons. The third-order valence-corrected chi connectivity index (χ3v) is 4.50. The second kappa shape index (κ2) is 10.2. The number of aryl methyl sites for hydroxylation is 1. The van der Waals surface area contributed by atoms with E-state index in [1.54, 1.807) is 13.2 Å². The monoisotopic (exact) mass is 390 g/mol. The molecule has 0 radical (unpaired) electrons. The molecule has 0 saturated heterocycles. The average molecular weight is 390 g/mol. The van der Waals surface area contributed by atoms with Crippen LogP contribution in [0.4, 0.5) is 5.95 Å². The van der Waals surface area contributed by atoms with E-state index in [0.717, 1.165) is 29.8 Å². The quantitative estimate of drug-likeness (QED) is 0.585. The minimum atomic E-state index is -0.195. The zero-order chi connectivity index (χ0) is 20.5. The number of hydrogen-bond acceptors (Lipinski definition) is 5. The van der Waals surface area contributed by atoms with Gasteiger partial charge in [0.2, 0.25) is 5.95 Å². The van der Waals surface area contributed by atoms with Crippen LogP contribution in [0.5, 0.6) is 5.75 Å². The molecule has 6 nitrogen and oxygen atoms in total. The molecule has 1 heterocycles. The van der Waals surface area contributed by atoms with Gasteiger partial charge in [-0.1, -0.05) is 48.5 Å². The highest BCUT2D eigenvalue weighted by Crippen LogP contribution is 2.17. The van der Waals surface area contributed by atoms with Crippen molar-refractivity contribution < 1.29 is 9.53 Å². The lowest BCUT2D eigenvalue weighted by Gasteiger charge is -2.10. The van der Waals surface area contributed by atoms with Crippen LogP contribution in [0.15, 0.2) is 60.7 Å². The van der Waals surface area contributed by atoms with Gasteiger partial charge in [0.1, 0.15) is 11.4 Å². The van der Waals surface area contributed by atoms with Gasteiger partial charge in [0, 0.05) is 18.8 Å². The Kier molecular flexibility index (Phi) is 7.16. The van der Waals surface area contributed by atoms with Crippen molar-refractivity contribution in [1.29, 1.82) is 0 Å². The van der Waals surface area contributed by atoms with Gasteiger partial charge < -0.3 is 15.4 Å². The molecular weight excluding hydrogens is 364 g/mol. The number of ether oxygens (including phenoxy) is 1. The van der Waals surface area contributed by atoms with Gasteiger partial charge >= 0.3 is 0 Å². The molecule has 0 unspecified atom stereocenters. The number of benzene rings is 2. The number of carbonyl (C=O) groups is 1. The summed E-state index contributed by atoms with van der Waals surface area (Å²) in [5, 5.41) is 6.13. The van der Waals surface area contributed by atoms with Crippen LogP contribution in [0.1, 0.15) is 27.3 Å². The van der Waals surface area contributed by atoms with Crippen LogP contribution in [-0.2, 0) is 12.8 Å². The van der Waals surface area contributed by atoms with Crippen LogP contribution >= 0.6 is 0 Å². The number of rotatable bonds is 9. The molecule has 1 aromatic heterocycles. The molecule has 0 saturated carbocycles. The minimum absolute atomic E-state index is 0.195. The number of amides is 1. The van der Waals surface area contributed by atoms with Gasteiger partial charge in [-0.25, -0.2) is 9.97 Å². The molecule has 1 amide bonds. The summed E-state index contributed by atoms with van der Waals surface area (Å²) in [5.74, 6) is 1.12. The molecule has 0 fully saturated rings. The standard InChI is InChI=1S/C23H26N4O2/c1-17-16-20(22(28)24-14-12-18-8-4-3-5-9-18)27-23(26-17)25-15-13-19-10-6-7-11-21(19)29-2/h3-11,16H,12-15H2,1-2H3,(H,24,28)(H,25,26,27). The van der Waals surface area contributed by atoms with E-state index in [2.05, 4.69) is 20.6 Å². The van der Waals surface area contributed by atoms with E-state index < -0.39 is 0 Å². The first-order valence-corrected chi connectivity index (χ1v) is 9.69. The fourth-order valence-corrected chi connectivity index (χ4v) is 3.04. The van der Waals surface area contributed by atoms with E-state index in [1.807, 2.05) is 61.5 Å². The summed E-state index contributed by atoms with van der Waals surface area (Å²) in [6.45, 7) is 3.05. The first-order valence-electron chi connectivity index (χ1n) is 9.69. The van der Waals surface area contributed by atoms with Crippen LogP contribution < -0.4 is 15.4 Å². The van der Waals surface area contributed by atoms with E-state index in [9.17, 15) is 4.79 Å². The van der Waals surface area contributed by atoms with Gasteiger partial charge in [-0.2, -0.15) is 0 Å². The van der Waals surface area contributed by atoms with Gasteiger partial charge in [0.25, 0.3) is 5.91 Å². The minimum Gasteiger partial charge on any atom is -0.496 e. The fourth-order valence-electron chi connectivity index (χ4n) is 3.04. The van der Waals surface area contributed by atoms with Crippen molar-refractivity contribution in [3.05, 3.63) is 83.2 Å². The SMILES string of the molecule is COc1ccccc1CCNc1nc(C)cc(C(=O)NCCc2ccccc2)n1. The van der Waals surface area contributed by atoms with Crippen LogP contribution in [0, 0.1) is 6.92 Å². The fraction of sp³-hybridized carbons (Fsp3) is 0.261. The van der Waals surface area contributed by atoms with Gasteiger partial charge in [-0.15, -0.1) is 0 Å². The topological polar surface area (TPSA) is 76.1 Å². The summed E-state index contributed by atoms with van der Waals surface area (Å²) >= 11 is 0. The summed E-state index contributed by atoms with van der Waals surface area (Å²) in [7, 11) is 1.67. The largest absolute Gasteiger partial charge is 0.496 e. The van der Waals surface area contributed by atoms with E-state index in [4.69, 9.17) is 4.74 Å². The van der Waals surface area contributed by atoms with Gasteiger partial charge in [0.05, 0.1) is 7.11 Å². The van der Waals surface area contributed by atoms with E-state index >= 15 is 0 Å². The molecular formula is C23H26N4O2. The Balaban J connectivity index is 1.55. The molecule has 0 spiro atoms. The average Bonchev–Trinajstić information content (AvgIpc) is 2.74. The molecule has 3 aromatic rings. The predicted molar refractivity (Wildman–Crippen MR) is 114 cm³/mol. The Labute approximate surface area is 171 Å². The Morgan fingerprint density at radius 1 is 0.966 bits per heavy atom. The summed E-state index contributed by atoms with van der Waals surface area (Å²) < 4.78 is 5.38. The number of anilines is 1. The second-order valence-corrected chi connectivity index (χ2v) is 6.70. The lowest BCUT2D eigenvalue weighted by atomic mass is 10.1. The van der Waals surface area contributed by atoms with E-state index in [0.29, 0.717) is 24.7 Å². The Morgan fingerprint density at radius 2 is 1.72 bits per heavy atom. The second-order valence-electron chi connectivity index (χ2n) is 6.70. The number of aromatic nitrogens is 2. The lowest BCUT2D eigenvalue weighted by molar-refractivity contribution is 0.0949. The molecule has 0 aliphatic heterocycles. The number of methoxy groups -OCH3 is 1. The van der Waals surface area contributed by atoms with Crippen molar-refractivity contribution in [1.82, 2.24) is 15.3 Å². The zero-order valence-electron chi connectivity index (χ0n) is 16.8. The third-order valence-electron chi connectivity index (χ3n) is 4.50. The van der Waals surface area contributed by atoms with Crippen molar-refractivity contribution >= 4 is 11.9 Å². The highest BCUT2D eigenvalue weighted by atomic mass is 16.5. The number of hydrogen-bond donors (Lipinski definition) is 2. The molecule has 0 atom stereocenters. The third kappa shape index (κ3) is 6.04. The first kappa shape index (κ1) is 20.3. The number of nitrogens with zero attached hydrogens (tertiary/aromatic N) is 2. The van der Waals surface area contributed by atoms with Crippen molar-refractivity contribution in [3.8, 4) is 5.75 Å².